The molecule has 17 heavy (non-hydrogen) atoms. The molecule has 0 radical (unpaired) electrons. The molecule has 2 nitrogen and oxygen atoms in total. The van der Waals surface area contributed by atoms with Crippen molar-refractivity contribution < 1.29 is 4.39 Å². The van der Waals surface area contributed by atoms with E-state index < -0.39 is 0 Å². The lowest BCUT2D eigenvalue weighted by Gasteiger charge is -2.15. The lowest BCUT2D eigenvalue weighted by molar-refractivity contribution is 0.615. The minimum Gasteiger partial charge on any atom is -0.384 e. The average molecular weight is 254 g/mol. The monoisotopic (exact) mass is 254 g/mol. The average Bonchev–Trinajstić information content (AvgIpc) is 2.26. The first kappa shape index (κ1) is 14.0. The highest BCUT2D eigenvalue weighted by Gasteiger charge is 2.10. The number of amidine groups is 1. The number of rotatable bonds is 5. The van der Waals surface area contributed by atoms with Gasteiger partial charge in [0.2, 0.25) is 0 Å². The molecule has 1 rings (SSSR count). The molecule has 0 saturated heterocycles. The zero-order chi connectivity index (χ0) is 13.0. The van der Waals surface area contributed by atoms with Gasteiger partial charge in [0.05, 0.1) is 0 Å². The molecule has 1 aromatic rings. The number of hydrogen-bond donors (Lipinski definition) is 2. The second kappa shape index (κ2) is 6.05. The van der Waals surface area contributed by atoms with E-state index in [0.717, 1.165) is 0 Å². The van der Waals surface area contributed by atoms with Crippen LogP contribution in [0.15, 0.2) is 18.2 Å². The first-order valence-electron chi connectivity index (χ1n) is 5.66. The predicted molar refractivity (Wildman–Crippen MR) is 73.0 cm³/mol. The summed E-state index contributed by atoms with van der Waals surface area (Å²) in [4.78, 5) is 0. The molecular weight excluding hydrogens is 235 g/mol. The van der Waals surface area contributed by atoms with Gasteiger partial charge >= 0.3 is 0 Å². The number of hydrogen-bond acceptors (Lipinski definition) is 2. The molecule has 0 spiro atoms. The molecule has 0 aliphatic heterocycles. The maximum Gasteiger partial charge on any atom is 0.127 e. The van der Waals surface area contributed by atoms with Gasteiger partial charge in [-0.25, -0.2) is 4.39 Å². The van der Waals surface area contributed by atoms with Crippen LogP contribution in [0.2, 0.25) is 0 Å². The Hall–Kier alpha value is -1.03. The lowest BCUT2D eigenvalue weighted by Crippen LogP contribution is -2.11. The summed E-state index contributed by atoms with van der Waals surface area (Å²) in [5.74, 6) is 0.864. The molecule has 1 unspecified atom stereocenters. The van der Waals surface area contributed by atoms with Crippen LogP contribution in [0.4, 0.5) is 4.39 Å². The molecule has 0 fully saturated rings. The quantitative estimate of drug-likeness (QED) is 0.625. The third-order valence-corrected chi connectivity index (χ3v) is 4.35. The summed E-state index contributed by atoms with van der Waals surface area (Å²) in [6.45, 7) is 6.47. The van der Waals surface area contributed by atoms with Gasteiger partial charge in [0.15, 0.2) is 0 Å². The van der Waals surface area contributed by atoms with E-state index in [-0.39, 0.29) is 11.7 Å². The van der Waals surface area contributed by atoms with E-state index in [9.17, 15) is 4.39 Å². The standard InChI is InChI=1S/C13H19FN2S/c1-8(2)9(3)17-7-11-5-4-10(13(15)16)6-12(11)14/h4-6,8-9H,7H2,1-3H3,(H3,15,16). The summed E-state index contributed by atoms with van der Waals surface area (Å²) in [6.07, 6.45) is 0. The summed E-state index contributed by atoms with van der Waals surface area (Å²) in [6, 6.07) is 4.74. The van der Waals surface area contributed by atoms with E-state index in [1.807, 2.05) is 0 Å². The molecular formula is C13H19FN2S. The van der Waals surface area contributed by atoms with Gasteiger partial charge in [-0.15, -0.1) is 0 Å². The Balaban J connectivity index is 2.70. The fourth-order valence-electron chi connectivity index (χ4n) is 1.25. The first-order chi connectivity index (χ1) is 7.91. The van der Waals surface area contributed by atoms with E-state index in [0.29, 0.717) is 28.0 Å². The van der Waals surface area contributed by atoms with E-state index in [2.05, 4.69) is 20.8 Å². The maximum absolute atomic E-state index is 13.7. The molecule has 0 bridgehead atoms. The number of thioether (sulfide) groups is 1. The molecule has 0 aromatic heterocycles. The van der Waals surface area contributed by atoms with Crippen molar-refractivity contribution in [1.82, 2.24) is 0 Å². The van der Waals surface area contributed by atoms with Gasteiger partial charge in [-0.2, -0.15) is 11.8 Å². The third-order valence-electron chi connectivity index (χ3n) is 2.80. The van der Waals surface area contributed by atoms with Crippen LogP contribution in [0.1, 0.15) is 31.9 Å². The van der Waals surface area contributed by atoms with Crippen molar-refractivity contribution in [3.63, 3.8) is 0 Å². The van der Waals surface area contributed by atoms with Gasteiger partial charge < -0.3 is 5.73 Å². The highest BCUT2D eigenvalue weighted by molar-refractivity contribution is 7.99. The van der Waals surface area contributed by atoms with Crippen molar-refractivity contribution in [1.29, 1.82) is 5.41 Å². The first-order valence-corrected chi connectivity index (χ1v) is 6.71. The Morgan fingerprint density at radius 3 is 2.53 bits per heavy atom. The fraction of sp³-hybridized carbons (Fsp3) is 0.462. The minimum atomic E-state index is -0.277. The van der Waals surface area contributed by atoms with Gasteiger partial charge in [0.25, 0.3) is 0 Å². The highest BCUT2D eigenvalue weighted by Crippen LogP contribution is 2.24. The Morgan fingerprint density at radius 1 is 1.41 bits per heavy atom. The van der Waals surface area contributed by atoms with Crippen molar-refractivity contribution in [3.8, 4) is 0 Å². The molecule has 4 heteroatoms. The Labute approximate surface area is 106 Å². The van der Waals surface area contributed by atoms with Crippen LogP contribution >= 0.6 is 11.8 Å². The number of nitrogens with two attached hydrogens (primary N) is 1. The molecule has 0 heterocycles. The second-order valence-corrected chi connectivity index (χ2v) is 5.85. The summed E-state index contributed by atoms with van der Waals surface area (Å²) < 4.78 is 13.7. The van der Waals surface area contributed by atoms with Gasteiger partial charge in [-0.05, 0) is 17.5 Å². The van der Waals surface area contributed by atoms with E-state index >= 15 is 0 Å². The van der Waals surface area contributed by atoms with Gasteiger partial charge in [0.1, 0.15) is 11.7 Å². The Bertz CT molecular complexity index is 404. The Morgan fingerprint density at radius 2 is 2.06 bits per heavy atom. The molecule has 1 aromatic carbocycles. The summed E-state index contributed by atoms with van der Waals surface area (Å²) in [5.41, 5.74) is 6.42. The molecule has 94 valence electrons. The summed E-state index contributed by atoms with van der Waals surface area (Å²) in [7, 11) is 0. The second-order valence-electron chi connectivity index (χ2n) is 4.48. The van der Waals surface area contributed by atoms with E-state index in [4.69, 9.17) is 11.1 Å². The fourth-order valence-corrected chi connectivity index (χ4v) is 2.31. The number of halogens is 1. The third kappa shape index (κ3) is 4.04. The van der Waals surface area contributed by atoms with Crippen LogP contribution in [0.3, 0.4) is 0 Å². The van der Waals surface area contributed by atoms with Crippen LogP contribution in [0.5, 0.6) is 0 Å². The summed E-state index contributed by atoms with van der Waals surface area (Å²) in [5, 5.41) is 7.74. The van der Waals surface area contributed by atoms with Crippen LogP contribution < -0.4 is 5.73 Å². The Kier molecular flexibility index (Phi) is 5.00. The smallest absolute Gasteiger partial charge is 0.127 e. The summed E-state index contributed by atoms with van der Waals surface area (Å²) >= 11 is 1.74. The predicted octanol–water partition coefficient (Wildman–Crippen LogP) is 3.39. The van der Waals surface area contributed by atoms with Crippen molar-refractivity contribution >= 4 is 17.6 Å². The number of nitrogens with one attached hydrogen (secondary N) is 1. The van der Waals surface area contributed by atoms with Gasteiger partial charge in [0, 0.05) is 16.6 Å². The topological polar surface area (TPSA) is 49.9 Å². The maximum atomic E-state index is 13.7. The van der Waals surface area contributed by atoms with E-state index in [1.165, 1.54) is 6.07 Å². The largest absolute Gasteiger partial charge is 0.384 e. The molecule has 0 amide bonds. The van der Waals surface area contributed by atoms with E-state index in [1.54, 1.807) is 23.9 Å². The van der Waals surface area contributed by atoms with Crippen LogP contribution in [-0.2, 0) is 5.75 Å². The van der Waals surface area contributed by atoms with Crippen LogP contribution in [0, 0.1) is 17.1 Å². The van der Waals surface area contributed by atoms with Gasteiger partial charge in [-0.1, -0.05) is 32.9 Å². The van der Waals surface area contributed by atoms with Crippen LogP contribution in [-0.4, -0.2) is 11.1 Å². The van der Waals surface area contributed by atoms with Crippen molar-refractivity contribution in [2.75, 3.05) is 0 Å². The molecule has 0 aliphatic rings. The number of nitrogen functional groups attached to an aromatic ring is 1. The highest BCUT2D eigenvalue weighted by atomic mass is 32.2. The minimum absolute atomic E-state index is 0.0985. The zero-order valence-corrected chi connectivity index (χ0v) is 11.3. The molecule has 1 atom stereocenters. The van der Waals surface area contributed by atoms with Crippen molar-refractivity contribution in [2.45, 2.75) is 31.8 Å². The normalized spacial score (nSPS) is 12.8. The van der Waals surface area contributed by atoms with Crippen molar-refractivity contribution in [2.24, 2.45) is 11.7 Å². The van der Waals surface area contributed by atoms with Crippen LogP contribution in [0.25, 0.3) is 0 Å². The van der Waals surface area contributed by atoms with Crippen molar-refractivity contribution in [3.05, 3.63) is 35.1 Å². The molecule has 3 N–H and O–H groups in total. The van der Waals surface area contributed by atoms with Gasteiger partial charge in [-0.3, -0.25) is 5.41 Å². The lowest BCUT2D eigenvalue weighted by atomic mass is 10.1. The molecule has 0 aliphatic carbocycles. The zero-order valence-electron chi connectivity index (χ0n) is 10.5. The number of benzene rings is 1. The SMILES string of the molecule is CC(C)C(C)SCc1ccc(C(=N)N)cc1F. The molecule has 0 saturated carbocycles.